The summed E-state index contributed by atoms with van der Waals surface area (Å²) in [5.41, 5.74) is 1.12. The summed E-state index contributed by atoms with van der Waals surface area (Å²) in [5, 5.41) is 3.24. The topological polar surface area (TPSA) is 48.7 Å². The van der Waals surface area contributed by atoms with Crippen LogP contribution in [-0.4, -0.2) is 44.0 Å². The lowest BCUT2D eigenvalue weighted by molar-refractivity contribution is 0.0702. The predicted molar refractivity (Wildman–Crippen MR) is 86.0 cm³/mol. The smallest absolute Gasteiger partial charge is 0.289 e. The Bertz CT molecular complexity index is 618. The van der Waals surface area contributed by atoms with E-state index < -0.39 is 0 Å². The minimum atomic E-state index is -0.0184. The third kappa shape index (κ3) is 3.31. The number of anilines is 1. The van der Waals surface area contributed by atoms with Gasteiger partial charge in [-0.05, 0) is 24.3 Å². The Kier molecular flexibility index (Phi) is 4.44. The van der Waals surface area contributed by atoms with Gasteiger partial charge >= 0.3 is 0 Å². The van der Waals surface area contributed by atoms with Crippen LogP contribution in [0.15, 0.2) is 46.9 Å². The van der Waals surface area contributed by atoms with Gasteiger partial charge in [0, 0.05) is 38.9 Å². The molecule has 22 heavy (non-hydrogen) atoms. The first-order valence-electron chi connectivity index (χ1n) is 7.59. The van der Waals surface area contributed by atoms with Gasteiger partial charge < -0.3 is 19.5 Å². The van der Waals surface area contributed by atoms with Gasteiger partial charge in [0.1, 0.15) is 5.76 Å². The van der Waals surface area contributed by atoms with Crippen molar-refractivity contribution in [1.82, 2.24) is 10.2 Å². The first-order valence-corrected chi connectivity index (χ1v) is 7.59. The number of hydrogen-bond acceptors (Lipinski definition) is 4. The van der Waals surface area contributed by atoms with Crippen LogP contribution in [0.5, 0.6) is 0 Å². The first kappa shape index (κ1) is 14.7. The Labute approximate surface area is 130 Å². The molecule has 5 heteroatoms. The van der Waals surface area contributed by atoms with Crippen LogP contribution in [0, 0.1) is 0 Å². The first-order chi connectivity index (χ1) is 10.7. The molecule has 0 atom stereocenters. The van der Waals surface area contributed by atoms with Crippen molar-refractivity contribution in [3.8, 4) is 0 Å². The molecule has 0 saturated carbocycles. The van der Waals surface area contributed by atoms with Crippen LogP contribution in [0.1, 0.15) is 16.3 Å². The van der Waals surface area contributed by atoms with Crippen LogP contribution in [0.25, 0.3) is 0 Å². The highest BCUT2D eigenvalue weighted by molar-refractivity contribution is 5.91. The summed E-state index contributed by atoms with van der Waals surface area (Å²) in [6.07, 6.45) is 0. The minimum Gasteiger partial charge on any atom is -0.454 e. The van der Waals surface area contributed by atoms with Crippen molar-refractivity contribution in [3.63, 3.8) is 0 Å². The normalized spacial score (nSPS) is 14.9. The molecule has 5 nitrogen and oxygen atoms in total. The maximum atomic E-state index is 12.4. The Morgan fingerprint density at radius 3 is 2.64 bits per heavy atom. The minimum absolute atomic E-state index is 0.0184. The number of para-hydroxylation sites is 1. The second-order valence-corrected chi connectivity index (χ2v) is 5.50. The molecule has 116 valence electrons. The summed E-state index contributed by atoms with van der Waals surface area (Å²) in [6, 6.07) is 13.8. The number of piperazine rings is 1. The average Bonchev–Trinajstić information content (AvgIpc) is 3.04. The van der Waals surface area contributed by atoms with E-state index in [1.807, 2.05) is 36.2 Å². The lowest BCUT2D eigenvalue weighted by Crippen LogP contribution is -2.46. The molecule has 0 spiro atoms. The van der Waals surface area contributed by atoms with Gasteiger partial charge in [0.2, 0.25) is 0 Å². The summed E-state index contributed by atoms with van der Waals surface area (Å²) in [6.45, 7) is 3.79. The Balaban J connectivity index is 1.64. The molecule has 1 aliphatic rings. The monoisotopic (exact) mass is 299 g/mol. The number of rotatable bonds is 4. The zero-order chi connectivity index (χ0) is 15.4. The number of benzene rings is 1. The van der Waals surface area contributed by atoms with Crippen molar-refractivity contribution in [1.29, 1.82) is 0 Å². The van der Waals surface area contributed by atoms with E-state index in [1.165, 1.54) is 0 Å². The van der Waals surface area contributed by atoms with E-state index >= 15 is 0 Å². The molecule has 1 fully saturated rings. The van der Waals surface area contributed by atoms with Gasteiger partial charge in [-0.2, -0.15) is 0 Å². The second kappa shape index (κ2) is 6.66. The van der Waals surface area contributed by atoms with Crippen molar-refractivity contribution in [2.45, 2.75) is 6.54 Å². The number of amides is 1. The van der Waals surface area contributed by atoms with Crippen molar-refractivity contribution in [2.24, 2.45) is 0 Å². The number of carbonyl (C=O) groups is 1. The zero-order valence-corrected chi connectivity index (χ0v) is 12.8. The number of carbonyl (C=O) groups excluding carboxylic acids is 1. The molecule has 0 radical (unpaired) electrons. The SMILES string of the molecule is CN(Cc1ccc(C(=O)N2CCNCC2)o1)c1ccccc1. The molecular weight excluding hydrogens is 278 g/mol. The second-order valence-electron chi connectivity index (χ2n) is 5.50. The van der Waals surface area contributed by atoms with Gasteiger partial charge in [0.25, 0.3) is 5.91 Å². The lowest BCUT2D eigenvalue weighted by atomic mass is 10.3. The van der Waals surface area contributed by atoms with E-state index in [4.69, 9.17) is 4.42 Å². The van der Waals surface area contributed by atoms with Gasteiger partial charge in [0.15, 0.2) is 5.76 Å². The van der Waals surface area contributed by atoms with Gasteiger partial charge in [0.05, 0.1) is 6.54 Å². The molecule has 1 N–H and O–H groups in total. The zero-order valence-electron chi connectivity index (χ0n) is 12.8. The fourth-order valence-electron chi connectivity index (χ4n) is 2.61. The highest BCUT2D eigenvalue weighted by Crippen LogP contribution is 2.17. The van der Waals surface area contributed by atoms with Crippen LogP contribution >= 0.6 is 0 Å². The Morgan fingerprint density at radius 2 is 1.91 bits per heavy atom. The molecular formula is C17H21N3O2. The summed E-state index contributed by atoms with van der Waals surface area (Å²) in [4.78, 5) is 16.3. The molecule has 1 saturated heterocycles. The van der Waals surface area contributed by atoms with E-state index in [2.05, 4.69) is 22.3 Å². The van der Waals surface area contributed by atoms with E-state index in [9.17, 15) is 4.79 Å². The maximum absolute atomic E-state index is 12.4. The van der Waals surface area contributed by atoms with E-state index in [0.29, 0.717) is 12.3 Å². The van der Waals surface area contributed by atoms with Gasteiger partial charge in [-0.1, -0.05) is 18.2 Å². The van der Waals surface area contributed by atoms with Crippen molar-refractivity contribution in [3.05, 3.63) is 54.0 Å². The number of furan rings is 1. The maximum Gasteiger partial charge on any atom is 0.289 e. The summed E-state index contributed by atoms with van der Waals surface area (Å²) < 4.78 is 5.74. The predicted octanol–water partition coefficient (Wildman–Crippen LogP) is 1.96. The van der Waals surface area contributed by atoms with Gasteiger partial charge in [-0.15, -0.1) is 0 Å². The summed E-state index contributed by atoms with van der Waals surface area (Å²) in [7, 11) is 2.01. The highest BCUT2D eigenvalue weighted by Gasteiger charge is 2.21. The van der Waals surface area contributed by atoms with Crippen molar-refractivity contribution >= 4 is 11.6 Å². The fourth-order valence-corrected chi connectivity index (χ4v) is 2.61. The fraction of sp³-hybridized carbons (Fsp3) is 0.353. The number of nitrogens with one attached hydrogen (secondary N) is 1. The van der Waals surface area contributed by atoms with Gasteiger partial charge in [-0.25, -0.2) is 0 Å². The van der Waals surface area contributed by atoms with Crippen LogP contribution in [-0.2, 0) is 6.54 Å². The van der Waals surface area contributed by atoms with E-state index in [0.717, 1.165) is 37.6 Å². The van der Waals surface area contributed by atoms with Crippen LogP contribution < -0.4 is 10.2 Å². The molecule has 2 heterocycles. The van der Waals surface area contributed by atoms with E-state index in [-0.39, 0.29) is 5.91 Å². The van der Waals surface area contributed by atoms with Crippen LogP contribution in [0.4, 0.5) is 5.69 Å². The highest BCUT2D eigenvalue weighted by atomic mass is 16.4. The van der Waals surface area contributed by atoms with Crippen LogP contribution in [0.3, 0.4) is 0 Å². The molecule has 3 rings (SSSR count). The molecule has 0 bridgehead atoms. The molecule has 2 aromatic rings. The average molecular weight is 299 g/mol. The molecule has 0 unspecified atom stereocenters. The van der Waals surface area contributed by atoms with E-state index in [1.54, 1.807) is 6.07 Å². The largest absolute Gasteiger partial charge is 0.454 e. The summed E-state index contributed by atoms with van der Waals surface area (Å²) >= 11 is 0. The van der Waals surface area contributed by atoms with Gasteiger partial charge in [-0.3, -0.25) is 4.79 Å². The lowest BCUT2D eigenvalue weighted by Gasteiger charge is -2.26. The quantitative estimate of drug-likeness (QED) is 0.937. The third-order valence-corrected chi connectivity index (χ3v) is 3.87. The van der Waals surface area contributed by atoms with Crippen LogP contribution in [0.2, 0.25) is 0 Å². The Hall–Kier alpha value is -2.27. The van der Waals surface area contributed by atoms with Crippen molar-refractivity contribution < 1.29 is 9.21 Å². The molecule has 1 amide bonds. The molecule has 0 aliphatic carbocycles. The molecule has 1 aliphatic heterocycles. The van der Waals surface area contributed by atoms with Crippen molar-refractivity contribution in [2.75, 3.05) is 38.1 Å². The molecule has 1 aromatic heterocycles. The Morgan fingerprint density at radius 1 is 1.18 bits per heavy atom. The standard InChI is InChI=1S/C17H21N3O2/c1-19(14-5-3-2-4-6-14)13-15-7-8-16(22-15)17(21)20-11-9-18-10-12-20/h2-8,18H,9-13H2,1H3. The molecule has 1 aromatic carbocycles. The summed E-state index contributed by atoms with van der Waals surface area (Å²) in [5.74, 6) is 1.21. The number of nitrogens with zero attached hydrogens (tertiary/aromatic N) is 2. The number of hydrogen-bond donors (Lipinski definition) is 1. The third-order valence-electron chi connectivity index (χ3n) is 3.87.